The highest BCUT2D eigenvalue weighted by Crippen LogP contribution is 2.45. The number of carbonyl (C=O) groups is 1. The number of nitrogens with zero attached hydrogens (tertiary/aromatic N) is 4. The van der Waals surface area contributed by atoms with E-state index in [1.165, 1.54) is 0 Å². The molecule has 2 saturated heterocycles. The molecular weight excluding hydrogens is 302 g/mol. The van der Waals surface area contributed by atoms with Gasteiger partial charge in [-0.1, -0.05) is 0 Å². The van der Waals surface area contributed by atoms with Gasteiger partial charge in [-0.05, 0) is 20.3 Å². The molecule has 0 aromatic carbocycles. The molecule has 1 atom stereocenters. The van der Waals surface area contributed by atoms with Crippen molar-refractivity contribution in [3.8, 4) is 0 Å². The number of alkyl halides is 2. The van der Waals surface area contributed by atoms with Crippen molar-refractivity contribution in [3.63, 3.8) is 0 Å². The molecule has 3 heterocycles. The molecule has 0 saturated carbocycles. The molecule has 1 aromatic heterocycles. The van der Waals surface area contributed by atoms with Gasteiger partial charge in [-0.15, -0.1) is 0 Å². The minimum atomic E-state index is -2.85. The Hall–Kier alpha value is -1.63. The van der Waals surface area contributed by atoms with Crippen molar-refractivity contribution in [1.29, 1.82) is 0 Å². The third-order valence-corrected chi connectivity index (χ3v) is 4.75. The number of piperidine rings is 1. The third kappa shape index (κ3) is 3.20. The quantitative estimate of drug-likeness (QED) is 0.852. The summed E-state index contributed by atoms with van der Waals surface area (Å²) in [4.78, 5) is 24.3. The maximum Gasteiger partial charge on any atom is 0.261 e. The summed E-state index contributed by atoms with van der Waals surface area (Å²) in [5.74, 6) is -2.98. The van der Waals surface area contributed by atoms with E-state index in [9.17, 15) is 13.6 Å². The number of rotatable bonds is 3. The van der Waals surface area contributed by atoms with Crippen molar-refractivity contribution in [2.24, 2.45) is 5.41 Å². The van der Waals surface area contributed by atoms with E-state index in [2.05, 4.69) is 9.97 Å². The summed E-state index contributed by atoms with van der Waals surface area (Å²) < 4.78 is 28.6. The normalized spacial score (nSPS) is 27.8. The Labute approximate surface area is 134 Å². The Morgan fingerprint density at radius 3 is 2.74 bits per heavy atom. The van der Waals surface area contributed by atoms with Crippen LogP contribution in [0.4, 0.5) is 8.78 Å². The van der Waals surface area contributed by atoms with Crippen LogP contribution >= 0.6 is 0 Å². The van der Waals surface area contributed by atoms with Gasteiger partial charge >= 0.3 is 0 Å². The minimum Gasteiger partial charge on any atom is -0.342 e. The fourth-order valence-corrected chi connectivity index (χ4v) is 3.86. The monoisotopic (exact) mass is 324 g/mol. The smallest absolute Gasteiger partial charge is 0.261 e. The molecule has 0 bridgehead atoms. The van der Waals surface area contributed by atoms with E-state index in [-0.39, 0.29) is 18.9 Å². The molecule has 1 aromatic rings. The summed E-state index contributed by atoms with van der Waals surface area (Å²) in [6.45, 7) is 5.20. The Balaban J connectivity index is 1.81. The van der Waals surface area contributed by atoms with Gasteiger partial charge in [-0.2, -0.15) is 0 Å². The van der Waals surface area contributed by atoms with Crippen LogP contribution in [0, 0.1) is 12.3 Å². The first-order chi connectivity index (χ1) is 10.8. The topological polar surface area (TPSA) is 49.3 Å². The van der Waals surface area contributed by atoms with E-state index in [0.717, 1.165) is 5.69 Å². The lowest BCUT2D eigenvalue weighted by molar-refractivity contribution is -0.155. The summed E-state index contributed by atoms with van der Waals surface area (Å²) in [5, 5.41) is 0. The second kappa shape index (κ2) is 5.78. The number of hydrogen-bond donors (Lipinski definition) is 0. The molecule has 126 valence electrons. The van der Waals surface area contributed by atoms with Crippen LogP contribution in [0.15, 0.2) is 12.4 Å². The average Bonchev–Trinajstić information content (AvgIpc) is 2.73. The number of halogens is 2. The average molecular weight is 324 g/mol. The number of amides is 1. The lowest BCUT2D eigenvalue weighted by Crippen LogP contribution is -2.55. The fourth-order valence-electron chi connectivity index (χ4n) is 3.86. The highest BCUT2D eigenvalue weighted by molar-refractivity contribution is 5.85. The van der Waals surface area contributed by atoms with Crippen LogP contribution in [0.1, 0.15) is 31.2 Å². The third-order valence-electron chi connectivity index (χ3n) is 4.75. The molecule has 2 aliphatic rings. The van der Waals surface area contributed by atoms with Gasteiger partial charge in [0.05, 0.1) is 23.3 Å². The molecule has 0 N–H and O–H groups in total. The summed E-state index contributed by atoms with van der Waals surface area (Å²) in [6.07, 6.45) is 3.40. The zero-order valence-corrected chi connectivity index (χ0v) is 13.6. The Kier molecular flexibility index (Phi) is 4.08. The van der Waals surface area contributed by atoms with E-state index in [0.29, 0.717) is 38.3 Å². The molecule has 2 aliphatic heterocycles. The van der Waals surface area contributed by atoms with Gasteiger partial charge < -0.3 is 4.90 Å². The van der Waals surface area contributed by atoms with Gasteiger partial charge in [0.25, 0.3) is 5.92 Å². The van der Waals surface area contributed by atoms with Gasteiger partial charge in [0, 0.05) is 45.0 Å². The van der Waals surface area contributed by atoms with Crippen molar-refractivity contribution in [2.45, 2.75) is 39.2 Å². The second-order valence-electron chi connectivity index (χ2n) is 6.74. The number of likely N-dealkylation sites (tertiary alicyclic amines) is 2. The molecule has 1 spiro atoms. The Morgan fingerprint density at radius 2 is 2.09 bits per heavy atom. The largest absolute Gasteiger partial charge is 0.342 e. The standard InChI is InChI=1S/C16H22F2N4O/c1-3-22-5-4-15(14(22)23)9-16(17,18)11-21(10-15)8-13-7-19-6-12(2)20-13/h6-7H,3-5,8-11H2,1-2H3. The zero-order chi connectivity index (χ0) is 16.7. The predicted molar refractivity (Wildman–Crippen MR) is 80.9 cm³/mol. The van der Waals surface area contributed by atoms with E-state index >= 15 is 0 Å². The number of aromatic nitrogens is 2. The SMILES string of the molecule is CCN1CCC2(CN(Cc3cncc(C)n3)CC(F)(F)C2)C1=O. The molecular formula is C16H22F2N4O. The van der Waals surface area contributed by atoms with Crippen LogP contribution in [-0.4, -0.2) is 57.8 Å². The fraction of sp³-hybridized carbons (Fsp3) is 0.688. The Bertz CT molecular complexity index is 609. The maximum atomic E-state index is 14.3. The highest BCUT2D eigenvalue weighted by atomic mass is 19.3. The summed E-state index contributed by atoms with van der Waals surface area (Å²) in [6, 6.07) is 0. The van der Waals surface area contributed by atoms with Gasteiger partial charge in [0.15, 0.2) is 0 Å². The molecule has 2 fully saturated rings. The van der Waals surface area contributed by atoms with Crippen LogP contribution in [-0.2, 0) is 11.3 Å². The van der Waals surface area contributed by atoms with Crippen molar-refractivity contribution < 1.29 is 13.6 Å². The molecule has 5 nitrogen and oxygen atoms in total. The van der Waals surface area contributed by atoms with Crippen molar-refractivity contribution >= 4 is 5.91 Å². The highest BCUT2D eigenvalue weighted by Gasteiger charge is 2.56. The van der Waals surface area contributed by atoms with E-state index < -0.39 is 11.3 Å². The predicted octanol–water partition coefficient (Wildman–Crippen LogP) is 1.86. The summed E-state index contributed by atoms with van der Waals surface area (Å²) >= 11 is 0. The number of aryl methyl sites for hydroxylation is 1. The van der Waals surface area contributed by atoms with Crippen LogP contribution in [0.3, 0.4) is 0 Å². The molecule has 7 heteroatoms. The molecule has 1 amide bonds. The van der Waals surface area contributed by atoms with Gasteiger partial charge in [0.2, 0.25) is 5.91 Å². The van der Waals surface area contributed by atoms with Crippen LogP contribution < -0.4 is 0 Å². The van der Waals surface area contributed by atoms with Crippen molar-refractivity contribution in [1.82, 2.24) is 19.8 Å². The first-order valence-corrected chi connectivity index (χ1v) is 8.01. The lowest BCUT2D eigenvalue weighted by atomic mass is 9.77. The maximum absolute atomic E-state index is 14.3. The minimum absolute atomic E-state index is 0.125. The number of hydrogen-bond acceptors (Lipinski definition) is 4. The molecule has 0 radical (unpaired) electrons. The summed E-state index contributed by atoms with van der Waals surface area (Å²) in [7, 11) is 0. The van der Waals surface area contributed by atoms with Crippen LogP contribution in [0.5, 0.6) is 0 Å². The lowest BCUT2D eigenvalue weighted by Gasteiger charge is -2.42. The molecule has 0 aliphatic carbocycles. The molecule has 23 heavy (non-hydrogen) atoms. The second-order valence-corrected chi connectivity index (χ2v) is 6.74. The first-order valence-electron chi connectivity index (χ1n) is 8.01. The zero-order valence-electron chi connectivity index (χ0n) is 13.6. The Morgan fingerprint density at radius 1 is 1.30 bits per heavy atom. The molecule has 3 rings (SSSR count). The van der Waals surface area contributed by atoms with Crippen molar-refractivity contribution in [3.05, 3.63) is 23.8 Å². The van der Waals surface area contributed by atoms with Crippen LogP contribution in [0.2, 0.25) is 0 Å². The number of carbonyl (C=O) groups excluding carboxylic acids is 1. The molecule has 1 unspecified atom stereocenters. The van der Waals surface area contributed by atoms with E-state index in [1.54, 1.807) is 22.2 Å². The van der Waals surface area contributed by atoms with Gasteiger partial charge in [-0.3, -0.25) is 19.7 Å². The van der Waals surface area contributed by atoms with Crippen LogP contribution in [0.25, 0.3) is 0 Å². The van der Waals surface area contributed by atoms with Crippen molar-refractivity contribution in [2.75, 3.05) is 26.2 Å². The first kappa shape index (κ1) is 16.2. The van der Waals surface area contributed by atoms with E-state index in [4.69, 9.17) is 0 Å². The van der Waals surface area contributed by atoms with Gasteiger partial charge in [-0.25, -0.2) is 8.78 Å². The summed E-state index contributed by atoms with van der Waals surface area (Å²) in [5.41, 5.74) is 0.473. The van der Waals surface area contributed by atoms with E-state index in [1.807, 2.05) is 13.8 Å². The van der Waals surface area contributed by atoms with Gasteiger partial charge in [0.1, 0.15) is 0 Å².